The first-order chi connectivity index (χ1) is 14.6. The van der Waals surface area contributed by atoms with Crippen LogP contribution in [0.25, 0.3) is 0 Å². The molecule has 1 N–H and O–H groups in total. The molecule has 0 radical (unpaired) electrons. The van der Waals surface area contributed by atoms with Gasteiger partial charge in [-0.25, -0.2) is 0 Å². The zero-order chi connectivity index (χ0) is 22.6. The van der Waals surface area contributed by atoms with Crippen molar-refractivity contribution in [1.82, 2.24) is 0 Å². The largest absolute Gasteiger partial charge is 0.389 e. The Bertz CT molecular complexity index is 748. The number of hydrogen-bond acceptors (Lipinski definition) is 2. The first-order valence-electron chi connectivity index (χ1n) is 13.2. The number of carbonyl (C=O) groups is 1. The van der Waals surface area contributed by atoms with Crippen molar-refractivity contribution in [3.05, 3.63) is 23.8 Å². The number of hydrogen-bond donors (Lipinski definition) is 1. The van der Waals surface area contributed by atoms with Gasteiger partial charge in [0.25, 0.3) is 0 Å². The van der Waals surface area contributed by atoms with Crippen LogP contribution in [0, 0.1) is 52.3 Å². The van der Waals surface area contributed by atoms with Gasteiger partial charge in [-0.3, -0.25) is 4.79 Å². The summed E-state index contributed by atoms with van der Waals surface area (Å²) in [7, 11) is 0. The third-order valence-corrected chi connectivity index (χ3v) is 10.7. The molecule has 0 aromatic heterocycles. The molecule has 3 fully saturated rings. The molecule has 0 aliphatic heterocycles. The van der Waals surface area contributed by atoms with Crippen molar-refractivity contribution in [2.24, 2.45) is 52.3 Å². The Morgan fingerprint density at radius 1 is 1.10 bits per heavy atom. The van der Waals surface area contributed by atoms with Gasteiger partial charge in [-0.1, -0.05) is 53.7 Å². The van der Waals surface area contributed by atoms with E-state index in [0.29, 0.717) is 41.4 Å². The first kappa shape index (κ1) is 23.3. The lowest BCUT2D eigenvalue weighted by atomic mass is 9.46. The molecule has 0 aromatic rings. The van der Waals surface area contributed by atoms with Gasteiger partial charge in [-0.15, -0.1) is 0 Å². The summed E-state index contributed by atoms with van der Waals surface area (Å²) >= 11 is 0. The summed E-state index contributed by atoms with van der Waals surface area (Å²) in [4.78, 5) is 12.1. The Hall–Kier alpha value is -0.890. The van der Waals surface area contributed by atoms with Crippen LogP contribution in [-0.4, -0.2) is 17.0 Å². The first-order valence-corrected chi connectivity index (χ1v) is 13.2. The summed E-state index contributed by atoms with van der Waals surface area (Å²) in [5.74, 6) is 5.00. The van der Waals surface area contributed by atoms with Gasteiger partial charge in [-0.2, -0.15) is 0 Å². The topological polar surface area (TPSA) is 37.3 Å². The second-order valence-corrected chi connectivity index (χ2v) is 12.4. The third kappa shape index (κ3) is 3.79. The molecule has 31 heavy (non-hydrogen) atoms. The number of carbonyl (C=O) groups excluding carboxylic acids is 1. The van der Waals surface area contributed by atoms with Crippen LogP contribution in [-0.2, 0) is 4.79 Å². The molecule has 9 atom stereocenters. The Kier molecular flexibility index (Phi) is 6.36. The number of aliphatic hydroxyl groups is 1. The molecule has 0 saturated heterocycles. The maximum absolute atomic E-state index is 12.1. The molecule has 0 aromatic carbocycles. The van der Waals surface area contributed by atoms with Crippen molar-refractivity contribution in [2.75, 3.05) is 0 Å². The number of ketones is 1. The smallest absolute Gasteiger partial charge is 0.155 e. The average molecular weight is 427 g/mol. The Labute approximate surface area is 191 Å². The summed E-state index contributed by atoms with van der Waals surface area (Å²) in [5.41, 5.74) is 1.50. The molecule has 0 heterocycles. The number of aliphatic hydroxyl groups excluding tert-OH is 1. The van der Waals surface area contributed by atoms with E-state index in [1.807, 2.05) is 6.08 Å². The lowest BCUT2D eigenvalue weighted by Crippen LogP contribution is -2.54. The van der Waals surface area contributed by atoms with E-state index in [9.17, 15) is 9.90 Å². The molecule has 1 unspecified atom stereocenters. The minimum Gasteiger partial charge on any atom is -0.389 e. The maximum Gasteiger partial charge on any atom is 0.155 e. The molecule has 3 saturated carbocycles. The summed E-state index contributed by atoms with van der Waals surface area (Å²) in [6.07, 6.45) is 15.4. The SMILES string of the molecule is CCC(C=C[C@@H](C)[C@H]1CC[C@H]2[C@@H]3C[C@@H](O)C4=CC(=O)CC[C@]4(C)[C@H]3CC[C@]12C)C(C)C. The van der Waals surface area contributed by atoms with Crippen molar-refractivity contribution >= 4 is 5.78 Å². The highest BCUT2D eigenvalue weighted by Gasteiger charge is 2.60. The van der Waals surface area contributed by atoms with E-state index in [-0.39, 0.29) is 11.2 Å². The van der Waals surface area contributed by atoms with E-state index in [1.165, 1.54) is 32.1 Å². The lowest BCUT2D eigenvalue weighted by Gasteiger charge is -2.59. The quantitative estimate of drug-likeness (QED) is 0.481. The fraction of sp³-hybridized carbons (Fsp3) is 0.828. The van der Waals surface area contributed by atoms with Gasteiger partial charge in [0.05, 0.1) is 6.10 Å². The molecule has 174 valence electrons. The van der Waals surface area contributed by atoms with E-state index >= 15 is 0 Å². The third-order valence-electron chi connectivity index (χ3n) is 10.7. The minimum atomic E-state index is -0.412. The van der Waals surface area contributed by atoms with Crippen LogP contribution in [0.3, 0.4) is 0 Å². The molecular weight excluding hydrogens is 380 g/mol. The highest BCUT2D eigenvalue weighted by atomic mass is 16.3. The van der Waals surface area contributed by atoms with Crippen LogP contribution in [0.4, 0.5) is 0 Å². The van der Waals surface area contributed by atoms with Crippen LogP contribution in [0.2, 0.25) is 0 Å². The van der Waals surface area contributed by atoms with Crippen molar-refractivity contribution < 1.29 is 9.90 Å². The molecule has 2 nitrogen and oxygen atoms in total. The Morgan fingerprint density at radius 3 is 2.52 bits per heavy atom. The van der Waals surface area contributed by atoms with E-state index in [1.54, 1.807) is 0 Å². The fourth-order valence-corrected chi connectivity index (χ4v) is 8.79. The van der Waals surface area contributed by atoms with Crippen molar-refractivity contribution in [1.29, 1.82) is 0 Å². The van der Waals surface area contributed by atoms with Gasteiger partial charge >= 0.3 is 0 Å². The standard InChI is InChI=1S/C29H46O2/c1-7-20(18(2)3)9-8-19(4)23-10-11-24-22-17-27(31)26-16-21(30)12-14-29(26,6)25(22)13-15-28(23,24)5/h8-9,16,18-20,22-25,27,31H,7,10-15,17H2,1-6H3/t19-,20?,22+,23-,24+,25+,27-,28-,29-/m1/s1. The number of allylic oxidation sites excluding steroid dienone is 2. The highest BCUT2D eigenvalue weighted by Crippen LogP contribution is 2.67. The highest BCUT2D eigenvalue weighted by molar-refractivity contribution is 5.91. The number of rotatable bonds is 5. The second-order valence-electron chi connectivity index (χ2n) is 12.4. The van der Waals surface area contributed by atoms with Crippen molar-refractivity contribution in [3.8, 4) is 0 Å². The van der Waals surface area contributed by atoms with Gasteiger partial charge in [0, 0.05) is 6.42 Å². The zero-order valence-corrected chi connectivity index (χ0v) is 20.9. The summed E-state index contributed by atoms with van der Waals surface area (Å²) in [6, 6.07) is 0. The Morgan fingerprint density at radius 2 is 1.84 bits per heavy atom. The van der Waals surface area contributed by atoms with E-state index in [4.69, 9.17) is 0 Å². The van der Waals surface area contributed by atoms with Crippen LogP contribution in [0.5, 0.6) is 0 Å². The molecule has 0 spiro atoms. The van der Waals surface area contributed by atoms with Crippen LogP contribution < -0.4 is 0 Å². The Balaban J connectivity index is 1.55. The molecule has 4 aliphatic rings. The predicted molar refractivity (Wildman–Crippen MR) is 129 cm³/mol. The van der Waals surface area contributed by atoms with Crippen LogP contribution >= 0.6 is 0 Å². The van der Waals surface area contributed by atoms with Gasteiger partial charge in [0.15, 0.2) is 5.78 Å². The lowest BCUT2D eigenvalue weighted by molar-refractivity contribution is -0.119. The maximum atomic E-state index is 12.1. The predicted octanol–water partition coefficient (Wildman–Crippen LogP) is 6.98. The van der Waals surface area contributed by atoms with Crippen LogP contribution in [0.1, 0.15) is 92.9 Å². The van der Waals surface area contributed by atoms with Gasteiger partial charge in [-0.05, 0) is 109 Å². The second kappa shape index (κ2) is 8.47. The van der Waals surface area contributed by atoms with Crippen molar-refractivity contribution in [3.63, 3.8) is 0 Å². The van der Waals surface area contributed by atoms with E-state index in [2.05, 4.69) is 53.7 Å². The van der Waals surface area contributed by atoms with E-state index in [0.717, 1.165) is 30.3 Å². The zero-order valence-electron chi connectivity index (χ0n) is 20.9. The van der Waals surface area contributed by atoms with Gasteiger partial charge in [0.2, 0.25) is 0 Å². The normalized spacial score (nSPS) is 44.6. The summed E-state index contributed by atoms with van der Waals surface area (Å²) in [5, 5.41) is 11.1. The van der Waals surface area contributed by atoms with E-state index < -0.39 is 6.10 Å². The molecule has 0 bridgehead atoms. The van der Waals surface area contributed by atoms with Crippen molar-refractivity contribution in [2.45, 2.75) is 99.0 Å². The van der Waals surface area contributed by atoms with Crippen LogP contribution in [0.15, 0.2) is 23.8 Å². The molecule has 4 rings (SSSR count). The minimum absolute atomic E-state index is 0.0345. The van der Waals surface area contributed by atoms with Gasteiger partial charge < -0.3 is 5.11 Å². The fourth-order valence-electron chi connectivity index (χ4n) is 8.79. The van der Waals surface area contributed by atoms with Gasteiger partial charge in [0.1, 0.15) is 0 Å². The molecule has 4 aliphatic carbocycles. The summed E-state index contributed by atoms with van der Waals surface area (Å²) < 4.78 is 0. The summed E-state index contributed by atoms with van der Waals surface area (Å²) in [6.45, 7) is 14.4. The molecule has 0 amide bonds. The number of fused-ring (bicyclic) bond motifs is 5. The molecule has 2 heteroatoms. The average Bonchev–Trinajstić information content (AvgIpc) is 3.07. The monoisotopic (exact) mass is 426 g/mol. The molecular formula is C29H46O2.